The van der Waals surface area contributed by atoms with Crippen molar-refractivity contribution in [2.75, 3.05) is 5.73 Å². The molecule has 0 aliphatic rings. The maximum atomic E-state index is 5.80. The maximum Gasteiger partial charge on any atom is 0.216 e. The summed E-state index contributed by atoms with van der Waals surface area (Å²) in [6, 6.07) is 8.78. The van der Waals surface area contributed by atoms with Gasteiger partial charge in [0.25, 0.3) is 0 Å². The van der Waals surface area contributed by atoms with Crippen LogP contribution in [0.25, 0.3) is 5.69 Å². The second-order valence-corrected chi connectivity index (χ2v) is 5.50. The van der Waals surface area contributed by atoms with Gasteiger partial charge in [0.15, 0.2) is 0 Å². The average molecular weight is 277 g/mol. The number of alkyl halides is 3. The molecule has 0 saturated carbocycles. The molecule has 0 spiro atoms. The molecule has 6 heteroatoms. The van der Waals surface area contributed by atoms with Crippen LogP contribution in [0.1, 0.15) is 5.56 Å². The van der Waals surface area contributed by atoms with Crippen molar-refractivity contribution >= 4 is 40.6 Å². The topological polar surface area (TPSA) is 43.8 Å². The first kappa shape index (κ1) is 11.6. The predicted octanol–water partition coefficient (Wildman–Crippen LogP) is 3.28. The zero-order valence-corrected chi connectivity index (χ0v) is 10.3. The SMILES string of the molecule is Nc1ccnn1-c1cccc(C(Cl)(Cl)Cl)c1. The molecule has 0 radical (unpaired) electrons. The van der Waals surface area contributed by atoms with E-state index in [0.717, 1.165) is 5.69 Å². The Bertz CT molecular complexity index is 502. The van der Waals surface area contributed by atoms with Crippen LogP contribution in [-0.4, -0.2) is 9.78 Å². The number of benzene rings is 1. The van der Waals surface area contributed by atoms with Crippen LogP contribution in [-0.2, 0) is 3.79 Å². The van der Waals surface area contributed by atoms with E-state index in [1.807, 2.05) is 6.07 Å². The minimum Gasteiger partial charge on any atom is -0.384 e. The largest absolute Gasteiger partial charge is 0.384 e. The van der Waals surface area contributed by atoms with Crippen LogP contribution in [0.2, 0.25) is 0 Å². The summed E-state index contributed by atoms with van der Waals surface area (Å²) in [5.41, 5.74) is 7.06. The Morgan fingerprint density at radius 3 is 2.50 bits per heavy atom. The van der Waals surface area contributed by atoms with Gasteiger partial charge in [0.05, 0.1) is 11.9 Å². The molecule has 84 valence electrons. The van der Waals surface area contributed by atoms with Crippen LogP contribution in [0.5, 0.6) is 0 Å². The van der Waals surface area contributed by atoms with Crippen LogP contribution >= 0.6 is 34.8 Å². The fourth-order valence-electron chi connectivity index (χ4n) is 1.34. The van der Waals surface area contributed by atoms with Crippen molar-refractivity contribution in [3.05, 3.63) is 42.1 Å². The lowest BCUT2D eigenvalue weighted by atomic mass is 10.2. The summed E-state index contributed by atoms with van der Waals surface area (Å²) in [6.45, 7) is 0. The third kappa shape index (κ3) is 2.26. The second-order valence-electron chi connectivity index (χ2n) is 3.22. The number of anilines is 1. The fraction of sp³-hybridized carbons (Fsp3) is 0.100. The van der Waals surface area contributed by atoms with E-state index in [9.17, 15) is 0 Å². The second kappa shape index (κ2) is 4.17. The average Bonchev–Trinajstić information content (AvgIpc) is 2.63. The normalized spacial score (nSPS) is 11.7. The highest BCUT2D eigenvalue weighted by Crippen LogP contribution is 2.38. The Balaban J connectivity index is 2.49. The van der Waals surface area contributed by atoms with Gasteiger partial charge in [-0.15, -0.1) is 0 Å². The zero-order valence-electron chi connectivity index (χ0n) is 8.07. The lowest BCUT2D eigenvalue weighted by Gasteiger charge is -2.12. The first-order valence-electron chi connectivity index (χ1n) is 4.45. The van der Waals surface area contributed by atoms with Gasteiger partial charge in [-0.05, 0) is 12.1 Å². The van der Waals surface area contributed by atoms with Gasteiger partial charge in [-0.3, -0.25) is 0 Å². The van der Waals surface area contributed by atoms with Crippen LogP contribution in [0.4, 0.5) is 5.82 Å². The van der Waals surface area contributed by atoms with Crippen LogP contribution in [0, 0.1) is 0 Å². The summed E-state index contributed by atoms with van der Waals surface area (Å²) in [4.78, 5) is 0. The summed E-state index contributed by atoms with van der Waals surface area (Å²) >= 11 is 17.4. The van der Waals surface area contributed by atoms with Gasteiger partial charge >= 0.3 is 0 Å². The lowest BCUT2D eigenvalue weighted by Crippen LogP contribution is -2.05. The lowest BCUT2D eigenvalue weighted by molar-refractivity contribution is 0.888. The Kier molecular flexibility index (Phi) is 3.02. The Morgan fingerprint density at radius 1 is 1.19 bits per heavy atom. The zero-order chi connectivity index (χ0) is 11.8. The molecule has 0 unspecified atom stereocenters. The highest BCUT2D eigenvalue weighted by molar-refractivity contribution is 6.66. The number of aromatic nitrogens is 2. The molecule has 3 nitrogen and oxygen atoms in total. The van der Waals surface area contributed by atoms with Crippen molar-refractivity contribution < 1.29 is 0 Å². The van der Waals surface area contributed by atoms with Crippen molar-refractivity contribution in [3.8, 4) is 5.69 Å². The van der Waals surface area contributed by atoms with Crippen molar-refractivity contribution in [2.45, 2.75) is 3.79 Å². The first-order chi connectivity index (χ1) is 7.48. The highest BCUT2D eigenvalue weighted by Gasteiger charge is 2.23. The van der Waals surface area contributed by atoms with Crippen molar-refractivity contribution in [1.82, 2.24) is 9.78 Å². The number of hydrogen-bond acceptors (Lipinski definition) is 2. The van der Waals surface area contributed by atoms with Gasteiger partial charge in [0.2, 0.25) is 3.79 Å². The molecule has 0 saturated heterocycles. The molecular formula is C10H8Cl3N3. The molecule has 1 aromatic heterocycles. The van der Waals surface area contributed by atoms with Crippen LogP contribution < -0.4 is 5.73 Å². The van der Waals surface area contributed by atoms with Gasteiger partial charge in [-0.2, -0.15) is 5.10 Å². The number of nitrogen functional groups attached to an aromatic ring is 1. The van der Waals surface area contributed by atoms with Crippen molar-refractivity contribution in [2.24, 2.45) is 0 Å². The maximum absolute atomic E-state index is 5.80. The number of halogens is 3. The van der Waals surface area contributed by atoms with E-state index in [-0.39, 0.29) is 0 Å². The minimum absolute atomic E-state index is 0.529. The summed E-state index contributed by atoms with van der Waals surface area (Å²) < 4.78 is 0.123. The first-order valence-corrected chi connectivity index (χ1v) is 5.59. The molecule has 1 heterocycles. The molecule has 2 aromatic rings. The standard InChI is InChI=1S/C10H8Cl3N3/c11-10(12,13)7-2-1-3-8(6-7)16-9(14)4-5-15-16/h1-6H,14H2. The minimum atomic E-state index is -1.45. The van der Waals surface area contributed by atoms with E-state index in [1.54, 1.807) is 35.1 Å². The van der Waals surface area contributed by atoms with E-state index in [2.05, 4.69) is 5.10 Å². The summed E-state index contributed by atoms with van der Waals surface area (Å²) in [5, 5.41) is 4.07. The van der Waals surface area contributed by atoms with E-state index < -0.39 is 3.79 Å². The Labute approximate surface area is 108 Å². The van der Waals surface area contributed by atoms with E-state index in [1.165, 1.54) is 0 Å². The monoisotopic (exact) mass is 275 g/mol. The van der Waals surface area contributed by atoms with Crippen LogP contribution in [0.3, 0.4) is 0 Å². The van der Waals surface area contributed by atoms with E-state index in [4.69, 9.17) is 40.5 Å². The molecule has 0 atom stereocenters. The number of hydrogen-bond donors (Lipinski definition) is 1. The molecule has 2 rings (SSSR count). The Hall–Kier alpha value is -0.900. The molecule has 2 N–H and O–H groups in total. The predicted molar refractivity (Wildman–Crippen MR) is 67.2 cm³/mol. The van der Waals surface area contributed by atoms with E-state index in [0.29, 0.717) is 11.4 Å². The molecular weight excluding hydrogens is 268 g/mol. The summed E-state index contributed by atoms with van der Waals surface area (Å²) in [6.07, 6.45) is 1.61. The number of nitrogens with two attached hydrogens (primary N) is 1. The third-order valence-corrected chi connectivity index (χ3v) is 2.74. The highest BCUT2D eigenvalue weighted by atomic mass is 35.6. The number of nitrogens with zero attached hydrogens (tertiary/aromatic N) is 2. The van der Waals surface area contributed by atoms with Gasteiger partial charge in [-0.25, -0.2) is 4.68 Å². The summed E-state index contributed by atoms with van der Waals surface area (Å²) in [5.74, 6) is 0.529. The Morgan fingerprint density at radius 2 is 1.94 bits per heavy atom. The molecule has 0 bridgehead atoms. The molecule has 16 heavy (non-hydrogen) atoms. The van der Waals surface area contributed by atoms with Crippen molar-refractivity contribution in [3.63, 3.8) is 0 Å². The van der Waals surface area contributed by atoms with E-state index >= 15 is 0 Å². The van der Waals surface area contributed by atoms with Gasteiger partial charge < -0.3 is 5.73 Å². The molecule has 0 fully saturated rings. The van der Waals surface area contributed by atoms with Crippen molar-refractivity contribution in [1.29, 1.82) is 0 Å². The van der Waals surface area contributed by atoms with Crippen LogP contribution in [0.15, 0.2) is 36.5 Å². The molecule has 0 aliphatic heterocycles. The number of rotatable bonds is 1. The smallest absolute Gasteiger partial charge is 0.216 e. The summed E-state index contributed by atoms with van der Waals surface area (Å²) in [7, 11) is 0. The molecule has 1 aromatic carbocycles. The quantitative estimate of drug-likeness (QED) is 0.812. The van der Waals surface area contributed by atoms with Gasteiger partial charge in [0, 0.05) is 11.6 Å². The van der Waals surface area contributed by atoms with Gasteiger partial charge in [0.1, 0.15) is 5.82 Å². The van der Waals surface area contributed by atoms with Gasteiger partial charge in [-0.1, -0.05) is 46.9 Å². The fourth-order valence-corrected chi connectivity index (χ4v) is 1.70. The molecule has 0 aliphatic carbocycles. The molecule has 0 amide bonds. The third-order valence-electron chi connectivity index (χ3n) is 2.09.